The summed E-state index contributed by atoms with van der Waals surface area (Å²) >= 11 is 0. The van der Waals surface area contributed by atoms with Crippen LogP contribution in [0.4, 0.5) is 8.78 Å². The molecule has 1 aromatic carbocycles. The minimum atomic E-state index is -0.985. The minimum absolute atomic E-state index is 0.0241. The van der Waals surface area contributed by atoms with Gasteiger partial charge in [-0.1, -0.05) is 12.1 Å². The highest BCUT2D eigenvalue weighted by Gasteiger charge is 2.37. The summed E-state index contributed by atoms with van der Waals surface area (Å²) in [5.74, 6) is -2.53. The predicted octanol–water partition coefficient (Wildman–Crippen LogP) is 1.95. The van der Waals surface area contributed by atoms with Crippen LogP contribution in [-0.4, -0.2) is 47.1 Å². The van der Waals surface area contributed by atoms with Gasteiger partial charge in [0.2, 0.25) is 5.91 Å². The van der Waals surface area contributed by atoms with Crippen molar-refractivity contribution in [2.75, 3.05) is 13.1 Å². The van der Waals surface area contributed by atoms with E-state index < -0.39 is 17.6 Å². The lowest BCUT2D eigenvalue weighted by Crippen LogP contribution is -2.55. The minimum Gasteiger partial charge on any atom is -0.480 e. The summed E-state index contributed by atoms with van der Waals surface area (Å²) in [6.07, 6.45) is 3.49. The van der Waals surface area contributed by atoms with E-state index >= 15 is 0 Å². The maximum atomic E-state index is 13.6. The first-order chi connectivity index (χ1) is 11.9. The van der Waals surface area contributed by atoms with Crippen LogP contribution in [0.5, 0.6) is 0 Å². The van der Waals surface area contributed by atoms with Crippen LogP contribution < -0.4 is 5.32 Å². The Hall–Kier alpha value is -2.02. The number of benzene rings is 1. The molecule has 2 aliphatic rings. The predicted molar refractivity (Wildman–Crippen MR) is 86.9 cm³/mol. The number of amides is 1. The SMILES string of the molecule is O=C(O)CN(CC1CC1)C1CC(NC(=O)Cc2cccc(F)c2F)C1. The molecule has 2 fully saturated rings. The number of aliphatic carboxylic acids is 1. The third-order valence-corrected chi connectivity index (χ3v) is 4.91. The lowest BCUT2D eigenvalue weighted by molar-refractivity contribution is -0.140. The molecule has 5 nitrogen and oxygen atoms in total. The standard InChI is InChI=1S/C18H22F2N2O3/c19-15-3-1-2-12(18(15)20)6-16(23)21-13-7-14(8-13)22(10-17(24)25)9-11-4-5-11/h1-3,11,13-14H,4-10H2,(H,21,23)(H,24,25). The third kappa shape index (κ3) is 4.75. The van der Waals surface area contributed by atoms with Crippen molar-refractivity contribution in [1.29, 1.82) is 0 Å². The maximum Gasteiger partial charge on any atom is 0.317 e. The average Bonchev–Trinajstić information content (AvgIpc) is 3.30. The Bertz CT molecular complexity index is 658. The molecule has 2 saturated carbocycles. The van der Waals surface area contributed by atoms with Crippen LogP contribution >= 0.6 is 0 Å². The number of rotatable bonds is 8. The summed E-state index contributed by atoms with van der Waals surface area (Å²) in [7, 11) is 0. The number of hydrogen-bond acceptors (Lipinski definition) is 3. The second-order valence-electron chi connectivity index (χ2n) is 7.05. The zero-order valence-electron chi connectivity index (χ0n) is 13.9. The number of carboxylic acid groups (broad SMARTS) is 1. The summed E-state index contributed by atoms with van der Waals surface area (Å²) in [6.45, 7) is 0.822. The fourth-order valence-electron chi connectivity index (χ4n) is 3.29. The quantitative estimate of drug-likeness (QED) is 0.750. The molecule has 0 atom stereocenters. The Morgan fingerprint density at radius 1 is 1.24 bits per heavy atom. The van der Waals surface area contributed by atoms with Crippen LogP contribution in [0.15, 0.2) is 18.2 Å². The zero-order valence-corrected chi connectivity index (χ0v) is 13.9. The topological polar surface area (TPSA) is 69.6 Å². The summed E-state index contributed by atoms with van der Waals surface area (Å²) in [4.78, 5) is 25.0. The van der Waals surface area contributed by atoms with Crippen molar-refractivity contribution in [2.45, 2.75) is 44.2 Å². The van der Waals surface area contributed by atoms with Gasteiger partial charge in [0.15, 0.2) is 11.6 Å². The van der Waals surface area contributed by atoms with E-state index in [1.165, 1.54) is 12.1 Å². The number of carbonyl (C=O) groups excluding carboxylic acids is 1. The molecule has 1 aromatic rings. The van der Waals surface area contributed by atoms with Gasteiger partial charge in [-0.3, -0.25) is 14.5 Å². The molecule has 0 radical (unpaired) electrons. The van der Waals surface area contributed by atoms with E-state index in [0.29, 0.717) is 18.8 Å². The van der Waals surface area contributed by atoms with Gasteiger partial charge in [-0.15, -0.1) is 0 Å². The van der Waals surface area contributed by atoms with E-state index in [4.69, 9.17) is 5.11 Å². The Kier molecular flexibility index (Phi) is 5.32. The first-order valence-corrected chi connectivity index (χ1v) is 8.60. The number of nitrogens with zero attached hydrogens (tertiary/aromatic N) is 1. The van der Waals surface area contributed by atoms with Crippen LogP contribution in [0.2, 0.25) is 0 Å². The highest BCUT2D eigenvalue weighted by atomic mass is 19.2. The average molecular weight is 352 g/mol. The number of halogens is 2. The molecular weight excluding hydrogens is 330 g/mol. The molecule has 2 aliphatic carbocycles. The zero-order chi connectivity index (χ0) is 18.0. The second kappa shape index (κ2) is 7.47. The molecule has 0 unspecified atom stereocenters. The fraction of sp³-hybridized carbons (Fsp3) is 0.556. The van der Waals surface area contributed by atoms with E-state index in [1.54, 1.807) is 0 Å². The molecule has 0 spiro atoms. The van der Waals surface area contributed by atoms with Gasteiger partial charge in [-0.25, -0.2) is 8.78 Å². The number of carboxylic acids is 1. The van der Waals surface area contributed by atoms with Crippen molar-refractivity contribution < 1.29 is 23.5 Å². The monoisotopic (exact) mass is 352 g/mol. The van der Waals surface area contributed by atoms with Crippen LogP contribution in [-0.2, 0) is 16.0 Å². The number of nitrogens with one attached hydrogen (secondary N) is 1. The Morgan fingerprint density at radius 2 is 1.96 bits per heavy atom. The summed E-state index contributed by atoms with van der Waals surface area (Å²) < 4.78 is 26.8. The maximum absolute atomic E-state index is 13.6. The van der Waals surface area contributed by atoms with E-state index in [1.807, 2.05) is 4.90 Å². The Morgan fingerprint density at radius 3 is 2.60 bits per heavy atom. The second-order valence-corrected chi connectivity index (χ2v) is 7.05. The van der Waals surface area contributed by atoms with Gasteiger partial charge in [0.05, 0.1) is 13.0 Å². The molecule has 3 rings (SSSR count). The third-order valence-electron chi connectivity index (χ3n) is 4.91. The van der Waals surface area contributed by atoms with Crippen LogP contribution in [0.3, 0.4) is 0 Å². The van der Waals surface area contributed by atoms with Gasteiger partial charge in [-0.2, -0.15) is 0 Å². The largest absolute Gasteiger partial charge is 0.480 e. The highest BCUT2D eigenvalue weighted by Crippen LogP contribution is 2.33. The summed E-state index contributed by atoms with van der Waals surface area (Å²) in [5, 5.41) is 11.8. The molecule has 0 heterocycles. The van der Waals surface area contributed by atoms with Crippen molar-refractivity contribution in [3.63, 3.8) is 0 Å². The molecule has 2 N–H and O–H groups in total. The van der Waals surface area contributed by atoms with Gasteiger partial charge < -0.3 is 10.4 Å². The van der Waals surface area contributed by atoms with E-state index in [9.17, 15) is 18.4 Å². The molecule has 7 heteroatoms. The van der Waals surface area contributed by atoms with Crippen LogP contribution in [0, 0.1) is 17.6 Å². The van der Waals surface area contributed by atoms with Crippen molar-refractivity contribution in [3.05, 3.63) is 35.4 Å². The van der Waals surface area contributed by atoms with Crippen LogP contribution in [0.1, 0.15) is 31.2 Å². The molecule has 0 saturated heterocycles. The van der Waals surface area contributed by atoms with Gasteiger partial charge in [0, 0.05) is 24.2 Å². The molecule has 0 aliphatic heterocycles. The molecule has 136 valence electrons. The summed E-state index contributed by atoms with van der Waals surface area (Å²) in [5.41, 5.74) is 0.0367. The smallest absolute Gasteiger partial charge is 0.317 e. The Labute approximate surface area is 145 Å². The molecule has 25 heavy (non-hydrogen) atoms. The van der Waals surface area contributed by atoms with E-state index in [0.717, 1.165) is 25.5 Å². The lowest BCUT2D eigenvalue weighted by atomic mass is 9.85. The van der Waals surface area contributed by atoms with E-state index in [2.05, 4.69) is 5.32 Å². The number of carbonyl (C=O) groups is 2. The molecule has 0 bridgehead atoms. The molecule has 1 amide bonds. The van der Waals surface area contributed by atoms with Gasteiger partial charge in [0.1, 0.15) is 0 Å². The lowest BCUT2D eigenvalue weighted by Gasteiger charge is -2.42. The molecular formula is C18H22F2N2O3. The number of hydrogen-bond donors (Lipinski definition) is 2. The van der Waals surface area contributed by atoms with Crippen LogP contribution in [0.25, 0.3) is 0 Å². The Balaban J connectivity index is 1.46. The first-order valence-electron chi connectivity index (χ1n) is 8.60. The molecule has 0 aromatic heterocycles. The van der Waals surface area contributed by atoms with Gasteiger partial charge in [0.25, 0.3) is 0 Å². The van der Waals surface area contributed by atoms with Crippen molar-refractivity contribution in [2.24, 2.45) is 5.92 Å². The van der Waals surface area contributed by atoms with Gasteiger partial charge >= 0.3 is 5.97 Å². The summed E-state index contributed by atoms with van der Waals surface area (Å²) in [6, 6.07) is 3.91. The van der Waals surface area contributed by atoms with Crippen molar-refractivity contribution in [1.82, 2.24) is 10.2 Å². The fourth-order valence-corrected chi connectivity index (χ4v) is 3.29. The van der Waals surface area contributed by atoms with E-state index in [-0.39, 0.29) is 36.5 Å². The van der Waals surface area contributed by atoms with Crippen molar-refractivity contribution in [3.8, 4) is 0 Å². The normalized spacial score (nSPS) is 22.5. The first kappa shape index (κ1) is 17.8. The highest BCUT2D eigenvalue weighted by molar-refractivity contribution is 5.79. The van der Waals surface area contributed by atoms with Gasteiger partial charge in [-0.05, 0) is 37.7 Å². The van der Waals surface area contributed by atoms with Crippen molar-refractivity contribution >= 4 is 11.9 Å².